The van der Waals surface area contributed by atoms with Crippen molar-refractivity contribution in [2.45, 2.75) is 6.92 Å². The maximum absolute atomic E-state index is 4.92. The average Bonchev–Trinajstić information content (AvgIpc) is 2.79. The number of aromatic nitrogens is 3. The highest BCUT2D eigenvalue weighted by molar-refractivity contribution is 7.80. The molecule has 0 amide bonds. The van der Waals surface area contributed by atoms with Gasteiger partial charge >= 0.3 is 0 Å². The number of nitrogens with one attached hydrogen (secondary N) is 3. The van der Waals surface area contributed by atoms with Gasteiger partial charge in [-0.2, -0.15) is 5.10 Å². The minimum Gasteiger partial charge on any atom is -0.364 e. The predicted molar refractivity (Wildman–Crippen MR) is 70.9 cm³/mol. The summed E-state index contributed by atoms with van der Waals surface area (Å²) in [6.07, 6.45) is 1.70. The standard InChI is InChI=1S/C10H12N6S/c1-6(15-16-10(17)11-2)8-13-7-4-3-5-12-9(7)14-8/h3-5H,1-2H3,(H2,11,16,17)(H,12,13,14). The Morgan fingerprint density at radius 3 is 3.06 bits per heavy atom. The van der Waals surface area contributed by atoms with Crippen molar-refractivity contribution in [3.8, 4) is 0 Å². The number of fused-ring (bicyclic) bond motifs is 1. The van der Waals surface area contributed by atoms with Gasteiger partial charge in [-0.15, -0.1) is 0 Å². The van der Waals surface area contributed by atoms with Crippen LogP contribution in [0.1, 0.15) is 12.7 Å². The number of pyridine rings is 1. The fourth-order valence-electron chi connectivity index (χ4n) is 1.26. The second-order valence-corrected chi connectivity index (χ2v) is 3.76. The van der Waals surface area contributed by atoms with E-state index in [4.69, 9.17) is 12.2 Å². The molecule has 0 atom stereocenters. The van der Waals surface area contributed by atoms with Crippen LogP contribution >= 0.6 is 12.2 Å². The minimum absolute atomic E-state index is 0.457. The molecular weight excluding hydrogens is 236 g/mol. The molecule has 6 nitrogen and oxygen atoms in total. The van der Waals surface area contributed by atoms with Gasteiger partial charge in [0, 0.05) is 13.2 Å². The van der Waals surface area contributed by atoms with Gasteiger partial charge in [0.25, 0.3) is 0 Å². The second kappa shape index (κ2) is 4.88. The molecule has 2 rings (SSSR count). The Morgan fingerprint density at radius 2 is 2.35 bits per heavy atom. The van der Waals surface area contributed by atoms with Crippen LogP contribution in [0.2, 0.25) is 0 Å². The minimum atomic E-state index is 0.457. The zero-order valence-corrected chi connectivity index (χ0v) is 10.3. The van der Waals surface area contributed by atoms with E-state index in [1.165, 1.54) is 0 Å². The number of aromatic amines is 1. The lowest BCUT2D eigenvalue weighted by Gasteiger charge is -2.01. The van der Waals surface area contributed by atoms with Crippen molar-refractivity contribution in [3.63, 3.8) is 0 Å². The van der Waals surface area contributed by atoms with E-state index in [-0.39, 0.29) is 0 Å². The maximum atomic E-state index is 4.92. The number of H-pyrrole nitrogens is 1. The van der Waals surface area contributed by atoms with E-state index >= 15 is 0 Å². The Morgan fingerprint density at radius 1 is 1.53 bits per heavy atom. The van der Waals surface area contributed by atoms with Gasteiger partial charge in [-0.05, 0) is 31.3 Å². The van der Waals surface area contributed by atoms with Crippen LogP contribution in [0.25, 0.3) is 11.2 Å². The van der Waals surface area contributed by atoms with Gasteiger partial charge < -0.3 is 10.3 Å². The van der Waals surface area contributed by atoms with Crippen molar-refractivity contribution in [2.24, 2.45) is 5.10 Å². The van der Waals surface area contributed by atoms with E-state index < -0.39 is 0 Å². The molecule has 0 aromatic carbocycles. The molecule has 0 unspecified atom stereocenters. The van der Waals surface area contributed by atoms with Crippen molar-refractivity contribution in [3.05, 3.63) is 24.2 Å². The summed E-state index contributed by atoms with van der Waals surface area (Å²) in [6.45, 7) is 1.84. The molecule has 0 aliphatic rings. The topological polar surface area (TPSA) is 78.0 Å². The highest BCUT2D eigenvalue weighted by atomic mass is 32.1. The van der Waals surface area contributed by atoms with Crippen LogP contribution in [0.5, 0.6) is 0 Å². The molecule has 2 heterocycles. The Labute approximate surface area is 104 Å². The lowest BCUT2D eigenvalue weighted by atomic mass is 10.4. The number of thiocarbonyl (C=S) groups is 1. The van der Waals surface area contributed by atoms with Gasteiger partial charge in [-0.25, -0.2) is 9.97 Å². The van der Waals surface area contributed by atoms with Crippen LogP contribution < -0.4 is 10.7 Å². The summed E-state index contributed by atoms with van der Waals surface area (Å²) in [5.41, 5.74) is 4.97. The third-order valence-electron chi connectivity index (χ3n) is 2.15. The van der Waals surface area contributed by atoms with Crippen LogP contribution in [0.4, 0.5) is 0 Å². The second-order valence-electron chi connectivity index (χ2n) is 3.35. The summed E-state index contributed by atoms with van der Waals surface area (Å²) in [6, 6.07) is 3.77. The first-order chi connectivity index (χ1) is 8.20. The molecule has 17 heavy (non-hydrogen) atoms. The first kappa shape index (κ1) is 11.5. The normalized spacial score (nSPS) is 11.5. The lowest BCUT2D eigenvalue weighted by Crippen LogP contribution is -2.29. The first-order valence-corrected chi connectivity index (χ1v) is 5.44. The molecule has 7 heteroatoms. The molecule has 3 N–H and O–H groups in total. The van der Waals surface area contributed by atoms with E-state index in [1.807, 2.05) is 19.1 Å². The monoisotopic (exact) mass is 248 g/mol. The molecule has 0 radical (unpaired) electrons. The molecule has 0 aliphatic heterocycles. The number of hydrogen-bond donors (Lipinski definition) is 3. The number of hydrazone groups is 1. The zero-order chi connectivity index (χ0) is 12.3. The Balaban J connectivity index is 2.24. The van der Waals surface area contributed by atoms with E-state index in [9.17, 15) is 0 Å². The molecule has 0 aliphatic carbocycles. The van der Waals surface area contributed by atoms with Gasteiger partial charge in [0.2, 0.25) is 0 Å². The molecule has 0 fully saturated rings. The lowest BCUT2D eigenvalue weighted by molar-refractivity contribution is 0.969. The summed E-state index contributed by atoms with van der Waals surface area (Å²) < 4.78 is 0. The number of nitrogens with zero attached hydrogens (tertiary/aromatic N) is 3. The van der Waals surface area contributed by atoms with Gasteiger partial charge in [-0.3, -0.25) is 5.43 Å². The fourth-order valence-corrected chi connectivity index (χ4v) is 1.31. The average molecular weight is 248 g/mol. The Bertz CT molecular complexity index is 540. The van der Waals surface area contributed by atoms with Gasteiger partial charge in [0.1, 0.15) is 5.71 Å². The number of hydrogen-bond acceptors (Lipinski definition) is 4. The highest BCUT2D eigenvalue weighted by Crippen LogP contribution is 2.07. The molecule has 0 spiro atoms. The van der Waals surface area contributed by atoms with Crippen molar-refractivity contribution in [1.82, 2.24) is 25.7 Å². The highest BCUT2D eigenvalue weighted by Gasteiger charge is 2.05. The van der Waals surface area contributed by atoms with Crippen molar-refractivity contribution in [2.75, 3.05) is 7.05 Å². The largest absolute Gasteiger partial charge is 0.364 e. The van der Waals surface area contributed by atoms with Crippen LogP contribution in [-0.4, -0.2) is 32.8 Å². The van der Waals surface area contributed by atoms with Gasteiger partial charge in [0.05, 0.1) is 5.52 Å². The van der Waals surface area contributed by atoms with Crippen LogP contribution in [0.15, 0.2) is 23.4 Å². The molecule has 2 aromatic heterocycles. The molecular formula is C10H12N6S. The third kappa shape index (κ3) is 2.56. The van der Waals surface area contributed by atoms with Gasteiger partial charge in [-0.1, -0.05) is 0 Å². The van der Waals surface area contributed by atoms with Gasteiger partial charge in [0.15, 0.2) is 16.6 Å². The molecule has 0 bridgehead atoms. The SMILES string of the molecule is CNC(=S)NN=C(C)c1nc2ncccc2[nH]1. The third-order valence-corrected chi connectivity index (χ3v) is 2.45. The summed E-state index contributed by atoms with van der Waals surface area (Å²) in [7, 11) is 1.73. The number of imidazole rings is 1. The summed E-state index contributed by atoms with van der Waals surface area (Å²) in [5.74, 6) is 0.671. The van der Waals surface area contributed by atoms with Crippen LogP contribution in [0, 0.1) is 0 Å². The quantitative estimate of drug-likeness (QED) is 0.416. The summed E-state index contributed by atoms with van der Waals surface area (Å²) in [5, 5.41) is 7.33. The molecule has 2 aromatic rings. The zero-order valence-electron chi connectivity index (χ0n) is 9.48. The van der Waals surface area contributed by atoms with Crippen LogP contribution in [-0.2, 0) is 0 Å². The van der Waals surface area contributed by atoms with E-state index in [1.54, 1.807) is 13.2 Å². The summed E-state index contributed by atoms with van der Waals surface area (Å²) >= 11 is 4.92. The molecule has 88 valence electrons. The summed E-state index contributed by atoms with van der Waals surface area (Å²) in [4.78, 5) is 11.6. The molecule has 0 saturated carbocycles. The smallest absolute Gasteiger partial charge is 0.186 e. The van der Waals surface area contributed by atoms with E-state index in [2.05, 4.69) is 30.8 Å². The molecule has 0 saturated heterocycles. The maximum Gasteiger partial charge on any atom is 0.186 e. The predicted octanol–water partition coefficient (Wildman–Crippen LogP) is 0.776. The Hall–Kier alpha value is -2.02. The van der Waals surface area contributed by atoms with Crippen molar-refractivity contribution >= 4 is 34.2 Å². The van der Waals surface area contributed by atoms with E-state index in [0.29, 0.717) is 22.3 Å². The first-order valence-electron chi connectivity index (χ1n) is 5.04. The van der Waals surface area contributed by atoms with Crippen molar-refractivity contribution in [1.29, 1.82) is 0 Å². The van der Waals surface area contributed by atoms with Crippen molar-refractivity contribution < 1.29 is 0 Å². The van der Waals surface area contributed by atoms with Crippen LogP contribution in [0.3, 0.4) is 0 Å². The van der Waals surface area contributed by atoms with E-state index in [0.717, 1.165) is 5.52 Å². The number of rotatable bonds is 2. The Kier molecular flexibility index (Phi) is 3.29. The fraction of sp³-hybridized carbons (Fsp3) is 0.200.